The van der Waals surface area contributed by atoms with Crippen molar-refractivity contribution in [2.75, 3.05) is 11.9 Å². The summed E-state index contributed by atoms with van der Waals surface area (Å²) in [7, 11) is 0. The van der Waals surface area contributed by atoms with Gasteiger partial charge in [0.15, 0.2) is 5.82 Å². The van der Waals surface area contributed by atoms with Gasteiger partial charge in [-0.25, -0.2) is 0 Å². The van der Waals surface area contributed by atoms with Crippen molar-refractivity contribution in [1.29, 1.82) is 0 Å². The number of aryl methyl sites for hydroxylation is 1. The van der Waals surface area contributed by atoms with Crippen molar-refractivity contribution in [2.24, 2.45) is 0 Å². The predicted octanol–water partition coefficient (Wildman–Crippen LogP) is 5.42. The third kappa shape index (κ3) is 4.09. The summed E-state index contributed by atoms with van der Waals surface area (Å²) in [5, 5.41) is 9.00. The summed E-state index contributed by atoms with van der Waals surface area (Å²) in [6.45, 7) is 3.05. The molecule has 3 heterocycles. The SMILES string of the molecule is Cc1cc(NC(=O)[C@H]2CCCO2)nn1Cc1cc(Cl)cc2cc(-c3ccccc3)oc12. The van der Waals surface area contributed by atoms with Gasteiger partial charge in [-0.05, 0) is 38.0 Å². The first-order valence-corrected chi connectivity index (χ1v) is 10.7. The number of anilines is 1. The van der Waals surface area contributed by atoms with E-state index >= 15 is 0 Å². The molecule has 1 N–H and O–H groups in total. The van der Waals surface area contributed by atoms with E-state index in [1.165, 1.54) is 0 Å². The number of aromatic nitrogens is 2. The number of hydrogen-bond donors (Lipinski definition) is 1. The number of benzene rings is 2. The molecule has 6 nitrogen and oxygen atoms in total. The molecule has 1 atom stereocenters. The molecular formula is C24H22ClN3O3. The Labute approximate surface area is 184 Å². The lowest BCUT2D eigenvalue weighted by Gasteiger charge is -2.08. The normalized spacial score (nSPS) is 16.1. The molecule has 158 valence electrons. The van der Waals surface area contributed by atoms with Crippen LogP contribution in [0.4, 0.5) is 5.82 Å². The molecule has 1 aliphatic heterocycles. The van der Waals surface area contributed by atoms with Crippen molar-refractivity contribution in [3.8, 4) is 11.3 Å². The maximum absolute atomic E-state index is 12.3. The van der Waals surface area contributed by atoms with Gasteiger partial charge in [-0.3, -0.25) is 9.48 Å². The van der Waals surface area contributed by atoms with Gasteiger partial charge in [-0.2, -0.15) is 5.10 Å². The minimum absolute atomic E-state index is 0.147. The molecule has 1 aliphatic rings. The van der Waals surface area contributed by atoms with Gasteiger partial charge in [0.1, 0.15) is 17.4 Å². The van der Waals surface area contributed by atoms with Crippen LogP contribution in [0, 0.1) is 6.92 Å². The lowest BCUT2D eigenvalue weighted by Crippen LogP contribution is -2.27. The topological polar surface area (TPSA) is 69.3 Å². The number of furan rings is 1. The Morgan fingerprint density at radius 3 is 2.84 bits per heavy atom. The maximum atomic E-state index is 12.3. The van der Waals surface area contributed by atoms with E-state index in [1.807, 2.05) is 66.2 Å². The summed E-state index contributed by atoms with van der Waals surface area (Å²) in [6, 6.07) is 17.6. The van der Waals surface area contributed by atoms with Gasteiger partial charge < -0.3 is 14.5 Å². The lowest BCUT2D eigenvalue weighted by atomic mass is 10.1. The molecule has 7 heteroatoms. The zero-order chi connectivity index (χ0) is 21.4. The standard InChI is InChI=1S/C24H22ClN3O3/c1-15-10-22(26-24(29)20-8-5-9-30-20)27-28(15)14-18-12-19(25)11-17-13-21(31-23(17)18)16-6-3-2-4-7-16/h2-4,6-7,10-13,20H,5,8-9,14H2,1H3,(H,26,27,29)/t20-/m1/s1. The quantitative estimate of drug-likeness (QED) is 0.454. The summed E-state index contributed by atoms with van der Waals surface area (Å²) < 4.78 is 13.5. The molecule has 0 radical (unpaired) electrons. The summed E-state index contributed by atoms with van der Waals surface area (Å²) in [5.74, 6) is 1.16. The third-order valence-corrected chi connectivity index (χ3v) is 5.71. The van der Waals surface area contributed by atoms with Crippen molar-refractivity contribution < 1.29 is 13.9 Å². The fourth-order valence-corrected chi connectivity index (χ4v) is 4.18. The Morgan fingerprint density at radius 1 is 1.23 bits per heavy atom. The van der Waals surface area contributed by atoms with Gasteiger partial charge in [0, 0.05) is 39.9 Å². The highest BCUT2D eigenvalue weighted by Gasteiger charge is 2.24. The predicted molar refractivity (Wildman–Crippen MR) is 120 cm³/mol. The highest BCUT2D eigenvalue weighted by atomic mass is 35.5. The van der Waals surface area contributed by atoms with Crippen LogP contribution in [-0.4, -0.2) is 28.4 Å². The first-order valence-electron chi connectivity index (χ1n) is 10.3. The Bertz CT molecular complexity index is 1240. The largest absolute Gasteiger partial charge is 0.456 e. The number of carbonyl (C=O) groups excluding carboxylic acids is 1. The van der Waals surface area contributed by atoms with E-state index in [0.29, 0.717) is 24.0 Å². The number of nitrogens with zero attached hydrogens (tertiary/aromatic N) is 2. The van der Waals surface area contributed by atoms with E-state index in [2.05, 4.69) is 10.4 Å². The second-order valence-corrected chi connectivity index (χ2v) is 8.22. The summed E-state index contributed by atoms with van der Waals surface area (Å²) >= 11 is 6.39. The Balaban J connectivity index is 1.43. The lowest BCUT2D eigenvalue weighted by molar-refractivity contribution is -0.124. The van der Waals surface area contributed by atoms with E-state index in [1.54, 1.807) is 0 Å². The molecule has 1 amide bonds. The first-order chi connectivity index (χ1) is 15.1. The molecule has 1 saturated heterocycles. The number of hydrogen-bond acceptors (Lipinski definition) is 4. The minimum atomic E-state index is -0.391. The Hall–Kier alpha value is -3.09. The van der Waals surface area contributed by atoms with Crippen LogP contribution in [0.5, 0.6) is 0 Å². The van der Waals surface area contributed by atoms with Crippen LogP contribution >= 0.6 is 11.6 Å². The van der Waals surface area contributed by atoms with Crippen molar-refractivity contribution in [3.05, 3.63) is 70.9 Å². The fraction of sp³-hybridized carbons (Fsp3) is 0.250. The van der Waals surface area contributed by atoms with E-state index in [-0.39, 0.29) is 5.91 Å². The van der Waals surface area contributed by atoms with Crippen molar-refractivity contribution >= 4 is 34.3 Å². The van der Waals surface area contributed by atoms with Crippen LogP contribution in [0.2, 0.25) is 5.02 Å². The highest BCUT2D eigenvalue weighted by molar-refractivity contribution is 6.31. The molecule has 0 spiro atoms. The molecular weight excluding hydrogens is 414 g/mol. The van der Waals surface area contributed by atoms with E-state index < -0.39 is 6.10 Å². The maximum Gasteiger partial charge on any atom is 0.254 e. The number of rotatable bonds is 5. The average Bonchev–Trinajstić information content (AvgIpc) is 3.49. The molecule has 0 bridgehead atoms. The smallest absolute Gasteiger partial charge is 0.254 e. The van der Waals surface area contributed by atoms with Gasteiger partial charge in [0.2, 0.25) is 0 Å². The van der Waals surface area contributed by atoms with E-state index in [0.717, 1.165) is 46.4 Å². The average molecular weight is 436 g/mol. The number of carbonyl (C=O) groups is 1. The molecule has 0 unspecified atom stereocenters. The van der Waals surface area contributed by atoms with Gasteiger partial charge in [-0.1, -0.05) is 41.9 Å². The van der Waals surface area contributed by atoms with Crippen LogP contribution in [0.3, 0.4) is 0 Å². The fourth-order valence-electron chi connectivity index (χ4n) is 3.93. The molecule has 4 aromatic rings. The van der Waals surface area contributed by atoms with Crippen LogP contribution < -0.4 is 5.32 Å². The molecule has 2 aromatic heterocycles. The third-order valence-electron chi connectivity index (χ3n) is 5.49. The van der Waals surface area contributed by atoms with E-state index in [4.69, 9.17) is 20.8 Å². The van der Waals surface area contributed by atoms with Gasteiger partial charge >= 0.3 is 0 Å². The molecule has 2 aromatic carbocycles. The summed E-state index contributed by atoms with van der Waals surface area (Å²) in [6.07, 6.45) is 1.26. The number of halogens is 1. The highest BCUT2D eigenvalue weighted by Crippen LogP contribution is 2.32. The number of fused-ring (bicyclic) bond motifs is 1. The summed E-state index contributed by atoms with van der Waals surface area (Å²) in [5.41, 5.74) is 3.64. The zero-order valence-corrected chi connectivity index (χ0v) is 17.9. The van der Waals surface area contributed by atoms with Crippen LogP contribution in [0.15, 0.2) is 59.0 Å². The Morgan fingerprint density at radius 2 is 2.06 bits per heavy atom. The van der Waals surface area contributed by atoms with Crippen LogP contribution in [0.25, 0.3) is 22.3 Å². The number of nitrogens with one attached hydrogen (secondary N) is 1. The molecule has 0 aliphatic carbocycles. The Kier molecular flexibility index (Phi) is 5.26. The summed E-state index contributed by atoms with van der Waals surface area (Å²) in [4.78, 5) is 12.3. The number of amides is 1. The van der Waals surface area contributed by atoms with Crippen molar-refractivity contribution in [3.63, 3.8) is 0 Å². The van der Waals surface area contributed by atoms with Gasteiger partial charge in [-0.15, -0.1) is 0 Å². The second-order valence-electron chi connectivity index (χ2n) is 7.78. The van der Waals surface area contributed by atoms with Crippen molar-refractivity contribution in [1.82, 2.24) is 9.78 Å². The second kappa shape index (κ2) is 8.21. The van der Waals surface area contributed by atoms with E-state index in [9.17, 15) is 4.79 Å². The molecule has 0 saturated carbocycles. The number of ether oxygens (including phenoxy) is 1. The molecule has 1 fully saturated rings. The van der Waals surface area contributed by atoms with Gasteiger partial charge in [0.05, 0.1) is 6.54 Å². The zero-order valence-electron chi connectivity index (χ0n) is 17.1. The monoisotopic (exact) mass is 435 g/mol. The molecule has 5 rings (SSSR count). The first kappa shape index (κ1) is 19.8. The van der Waals surface area contributed by atoms with Crippen LogP contribution in [-0.2, 0) is 16.1 Å². The van der Waals surface area contributed by atoms with Crippen molar-refractivity contribution in [2.45, 2.75) is 32.4 Å². The molecule has 31 heavy (non-hydrogen) atoms. The van der Waals surface area contributed by atoms with Crippen LogP contribution in [0.1, 0.15) is 24.1 Å². The van der Waals surface area contributed by atoms with Gasteiger partial charge in [0.25, 0.3) is 5.91 Å². The minimum Gasteiger partial charge on any atom is -0.456 e.